The molecule has 3 rings (SSSR count). The molecule has 1 aliphatic rings. The minimum Gasteiger partial charge on any atom is -0.318 e. The highest BCUT2D eigenvalue weighted by Gasteiger charge is 2.48. The molecule has 2 aromatic rings. The molecule has 0 radical (unpaired) electrons. The molecule has 1 aliphatic heterocycles. The maximum atomic E-state index is 13.6. The Kier molecular flexibility index (Phi) is 3.67. The van der Waals surface area contributed by atoms with Gasteiger partial charge >= 0.3 is 6.03 Å². The number of benzene rings is 1. The molecule has 0 saturated carbocycles. The monoisotopic (exact) mass is 333 g/mol. The number of hydrogen-bond donors (Lipinski definition) is 2. The Hall–Kier alpha value is -3.03. The van der Waals surface area contributed by atoms with Crippen LogP contribution in [0.4, 0.5) is 13.6 Å². The Labute approximate surface area is 135 Å². The van der Waals surface area contributed by atoms with Gasteiger partial charge in [-0.3, -0.25) is 14.9 Å². The van der Waals surface area contributed by atoms with Crippen molar-refractivity contribution in [3.05, 3.63) is 69.6 Å². The standard InChI is InChI=1S/C16H13F2N3O3/c1-9-3-2-6-21(13(9)22)8-16(14(23)19-15(24)20-16)10-4-5-11(17)12(18)7-10/h2-7H,8H2,1H3,(H2,19,20,23,24)/t16-/m1/s1. The molecular formula is C16H13F2N3O3. The average molecular weight is 333 g/mol. The van der Waals surface area contributed by atoms with Crippen molar-refractivity contribution >= 4 is 11.9 Å². The number of aromatic nitrogens is 1. The third-order valence-electron chi connectivity index (χ3n) is 3.97. The highest BCUT2D eigenvalue weighted by Crippen LogP contribution is 2.28. The number of rotatable bonds is 3. The lowest BCUT2D eigenvalue weighted by atomic mass is 9.89. The Morgan fingerprint density at radius 2 is 1.88 bits per heavy atom. The van der Waals surface area contributed by atoms with E-state index in [1.165, 1.54) is 16.8 Å². The molecule has 1 aromatic carbocycles. The number of imide groups is 1. The molecule has 0 unspecified atom stereocenters. The number of carbonyl (C=O) groups excluding carboxylic acids is 2. The number of hydrogen-bond acceptors (Lipinski definition) is 3. The van der Waals surface area contributed by atoms with Crippen molar-refractivity contribution < 1.29 is 18.4 Å². The summed E-state index contributed by atoms with van der Waals surface area (Å²) in [5, 5.41) is 4.50. The number of carbonyl (C=O) groups is 2. The van der Waals surface area contributed by atoms with Crippen molar-refractivity contribution in [3.8, 4) is 0 Å². The molecule has 0 aliphatic carbocycles. The number of aryl methyl sites for hydroxylation is 1. The quantitative estimate of drug-likeness (QED) is 0.828. The first-order valence-corrected chi connectivity index (χ1v) is 7.09. The van der Waals surface area contributed by atoms with E-state index < -0.39 is 29.1 Å². The predicted octanol–water partition coefficient (Wildman–Crippen LogP) is 1.17. The fraction of sp³-hybridized carbons (Fsp3) is 0.188. The molecule has 1 aromatic heterocycles. The van der Waals surface area contributed by atoms with Crippen LogP contribution in [0.2, 0.25) is 0 Å². The summed E-state index contributed by atoms with van der Waals surface area (Å²) in [7, 11) is 0. The predicted molar refractivity (Wildman–Crippen MR) is 80.1 cm³/mol. The summed E-state index contributed by atoms with van der Waals surface area (Å²) in [5.74, 6) is -2.98. The summed E-state index contributed by atoms with van der Waals surface area (Å²) in [5.41, 5.74) is -1.57. The van der Waals surface area contributed by atoms with Gasteiger partial charge in [-0.25, -0.2) is 13.6 Å². The molecule has 124 valence electrons. The van der Waals surface area contributed by atoms with E-state index in [0.717, 1.165) is 12.1 Å². The van der Waals surface area contributed by atoms with Gasteiger partial charge in [0.05, 0.1) is 6.54 Å². The van der Waals surface area contributed by atoms with Gasteiger partial charge in [-0.1, -0.05) is 12.1 Å². The van der Waals surface area contributed by atoms with Crippen LogP contribution in [0.15, 0.2) is 41.3 Å². The fourth-order valence-corrected chi connectivity index (χ4v) is 2.70. The van der Waals surface area contributed by atoms with E-state index in [4.69, 9.17) is 0 Å². The van der Waals surface area contributed by atoms with Gasteiger partial charge in [0, 0.05) is 11.8 Å². The van der Waals surface area contributed by atoms with Crippen molar-refractivity contribution in [2.24, 2.45) is 0 Å². The van der Waals surface area contributed by atoms with Crippen molar-refractivity contribution in [2.45, 2.75) is 19.0 Å². The van der Waals surface area contributed by atoms with Crippen molar-refractivity contribution in [1.82, 2.24) is 15.2 Å². The second-order valence-corrected chi connectivity index (χ2v) is 5.57. The largest absolute Gasteiger partial charge is 0.322 e. The zero-order valence-electron chi connectivity index (χ0n) is 12.6. The van der Waals surface area contributed by atoms with Gasteiger partial charge in [0.1, 0.15) is 0 Å². The van der Waals surface area contributed by atoms with Crippen molar-refractivity contribution in [2.75, 3.05) is 0 Å². The maximum absolute atomic E-state index is 13.6. The first-order chi connectivity index (χ1) is 11.3. The van der Waals surface area contributed by atoms with E-state index in [-0.39, 0.29) is 17.7 Å². The average Bonchev–Trinajstić information content (AvgIpc) is 2.81. The summed E-state index contributed by atoms with van der Waals surface area (Å²) < 4.78 is 28.1. The van der Waals surface area contributed by atoms with Crippen LogP contribution in [-0.4, -0.2) is 16.5 Å². The normalized spacial score (nSPS) is 20.0. The van der Waals surface area contributed by atoms with E-state index in [2.05, 4.69) is 10.6 Å². The Bertz CT molecular complexity index is 910. The van der Waals surface area contributed by atoms with Gasteiger partial charge in [-0.05, 0) is 30.7 Å². The number of halogens is 2. The van der Waals surface area contributed by atoms with Gasteiger partial charge in [-0.2, -0.15) is 0 Å². The SMILES string of the molecule is Cc1cccn(C[C@]2(c3ccc(F)c(F)c3)NC(=O)NC2=O)c1=O. The van der Waals surface area contributed by atoms with Crippen LogP contribution in [0.25, 0.3) is 0 Å². The molecule has 2 N–H and O–H groups in total. The van der Waals surface area contributed by atoms with Gasteiger partial charge in [0.25, 0.3) is 11.5 Å². The van der Waals surface area contributed by atoms with Crippen LogP contribution < -0.4 is 16.2 Å². The topological polar surface area (TPSA) is 80.2 Å². The van der Waals surface area contributed by atoms with Crippen molar-refractivity contribution in [3.63, 3.8) is 0 Å². The van der Waals surface area contributed by atoms with E-state index >= 15 is 0 Å². The Morgan fingerprint density at radius 1 is 1.12 bits per heavy atom. The van der Waals surface area contributed by atoms with E-state index in [9.17, 15) is 23.2 Å². The molecule has 0 bridgehead atoms. The highest BCUT2D eigenvalue weighted by molar-refractivity contribution is 6.07. The van der Waals surface area contributed by atoms with Crippen LogP contribution >= 0.6 is 0 Å². The van der Waals surface area contributed by atoms with Crippen LogP contribution in [0.5, 0.6) is 0 Å². The van der Waals surface area contributed by atoms with E-state index in [1.807, 2.05) is 0 Å². The molecular weight excluding hydrogens is 320 g/mol. The molecule has 24 heavy (non-hydrogen) atoms. The van der Waals surface area contributed by atoms with Crippen LogP contribution in [-0.2, 0) is 16.9 Å². The van der Waals surface area contributed by atoms with Crippen LogP contribution in [0.3, 0.4) is 0 Å². The first kappa shape index (κ1) is 15.9. The third-order valence-corrected chi connectivity index (χ3v) is 3.97. The highest BCUT2D eigenvalue weighted by atomic mass is 19.2. The number of nitrogens with one attached hydrogen (secondary N) is 2. The molecule has 8 heteroatoms. The third kappa shape index (κ3) is 2.45. The minimum absolute atomic E-state index is 0.0400. The van der Waals surface area contributed by atoms with E-state index in [0.29, 0.717) is 5.56 Å². The number of amides is 3. The second-order valence-electron chi connectivity index (χ2n) is 5.57. The van der Waals surface area contributed by atoms with Crippen LogP contribution in [0, 0.1) is 18.6 Å². The smallest absolute Gasteiger partial charge is 0.318 e. The molecule has 1 fully saturated rings. The Morgan fingerprint density at radius 3 is 2.50 bits per heavy atom. The Balaban J connectivity index is 2.15. The summed E-state index contributed by atoms with van der Waals surface area (Å²) >= 11 is 0. The van der Waals surface area contributed by atoms with Crippen molar-refractivity contribution in [1.29, 1.82) is 0 Å². The summed E-state index contributed by atoms with van der Waals surface area (Å²) in [4.78, 5) is 36.2. The summed E-state index contributed by atoms with van der Waals surface area (Å²) in [6, 6.07) is 5.35. The zero-order valence-corrected chi connectivity index (χ0v) is 12.6. The zero-order chi connectivity index (χ0) is 17.5. The second kappa shape index (κ2) is 5.55. The lowest BCUT2D eigenvalue weighted by Gasteiger charge is -2.27. The van der Waals surface area contributed by atoms with Gasteiger partial charge in [-0.15, -0.1) is 0 Å². The molecule has 1 saturated heterocycles. The van der Waals surface area contributed by atoms with Gasteiger partial charge < -0.3 is 9.88 Å². The molecule has 3 amide bonds. The number of pyridine rings is 1. The molecule has 0 spiro atoms. The summed E-state index contributed by atoms with van der Waals surface area (Å²) in [6.45, 7) is 1.35. The van der Waals surface area contributed by atoms with Gasteiger partial charge in [0.15, 0.2) is 17.2 Å². The summed E-state index contributed by atoms with van der Waals surface area (Å²) in [6.07, 6.45) is 1.45. The minimum atomic E-state index is -1.71. The lowest BCUT2D eigenvalue weighted by molar-refractivity contribution is -0.124. The first-order valence-electron chi connectivity index (χ1n) is 7.09. The maximum Gasteiger partial charge on any atom is 0.322 e. The van der Waals surface area contributed by atoms with Crippen LogP contribution in [0.1, 0.15) is 11.1 Å². The molecule has 1 atom stereocenters. The number of urea groups is 1. The number of nitrogens with zero attached hydrogens (tertiary/aromatic N) is 1. The molecule has 2 heterocycles. The lowest BCUT2D eigenvalue weighted by Crippen LogP contribution is -2.49. The molecule has 6 nitrogen and oxygen atoms in total. The van der Waals surface area contributed by atoms with Gasteiger partial charge in [0.2, 0.25) is 0 Å². The fourth-order valence-electron chi connectivity index (χ4n) is 2.70. The van der Waals surface area contributed by atoms with E-state index in [1.54, 1.807) is 19.1 Å².